The number of hydrogen-bond acceptors (Lipinski definition) is 0. The van der Waals surface area contributed by atoms with E-state index in [9.17, 15) is 0 Å². The van der Waals surface area contributed by atoms with Gasteiger partial charge in [-0.3, -0.25) is 0 Å². The lowest BCUT2D eigenvalue weighted by molar-refractivity contribution is 0.517. The van der Waals surface area contributed by atoms with E-state index < -0.39 is 0 Å². The lowest BCUT2D eigenvalue weighted by Gasteiger charge is -2.19. The molecule has 0 N–H and O–H groups in total. The maximum Gasteiger partial charge on any atom is -0.0132 e. The smallest absolute Gasteiger partial charge is 0.0132 e. The van der Waals surface area contributed by atoms with Crippen molar-refractivity contribution < 1.29 is 0 Å². The van der Waals surface area contributed by atoms with E-state index in [1.54, 1.807) is 6.08 Å². The van der Waals surface area contributed by atoms with Crippen LogP contribution in [0.5, 0.6) is 0 Å². The van der Waals surface area contributed by atoms with Crippen LogP contribution < -0.4 is 0 Å². The van der Waals surface area contributed by atoms with Crippen LogP contribution in [0.25, 0.3) is 0 Å². The Morgan fingerprint density at radius 2 is 1.50 bits per heavy atom. The van der Waals surface area contributed by atoms with Gasteiger partial charge in [-0.05, 0) is 11.0 Å². The molecule has 0 rings (SSSR count). The van der Waals surface area contributed by atoms with E-state index in [2.05, 4.69) is 33.9 Å². The minimum Gasteiger partial charge on any atom is -0.0991 e. The Morgan fingerprint density at radius 3 is 1.58 bits per heavy atom. The molecule has 0 heterocycles. The molecule has 0 atom stereocenters. The molecule has 0 aromatic carbocycles. The van der Waals surface area contributed by atoms with E-state index in [0.717, 1.165) is 0 Å². The van der Waals surface area contributed by atoms with Crippen LogP contribution in [0.15, 0.2) is 37.0 Å². The molecule has 0 aliphatic heterocycles. The van der Waals surface area contributed by atoms with Gasteiger partial charge in [-0.1, -0.05) is 66.0 Å². The molecular weight excluding hydrogens is 144 g/mol. The van der Waals surface area contributed by atoms with Crippen molar-refractivity contribution >= 4 is 0 Å². The van der Waals surface area contributed by atoms with Crippen molar-refractivity contribution in [1.29, 1.82) is 0 Å². The van der Waals surface area contributed by atoms with Crippen LogP contribution in [0.3, 0.4) is 0 Å². The molecule has 0 bridgehead atoms. The fourth-order valence-corrected chi connectivity index (χ4v) is 0.751. The largest absolute Gasteiger partial charge is 0.0991 e. The summed E-state index contributed by atoms with van der Waals surface area (Å²) in [6, 6.07) is 0. The highest BCUT2D eigenvalue weighted by molar-refractivity contribution is 5.26. The van der Waals surface area contributed by atoms with Gasteiger partial charge in [-0.25, -0.2) is 0 Å². The first kappa shape index (κ1) is 13.8. The minimum atomic E-state index is 0.190. The van der Waals surface area contributed by atoms with Crippen molar-refractivity contribution in [3.8, 4) is 0 Å². The van der Waals surface area contributed by atoms with Crippen LogP contribution in [0, 0.1) is 5.41 Å². The van der Waals surface area contributed by atoms with Crippen molar-refractivity contribution in [2.75, 3.05) is 0 Å². The van der Waals surface area contributed by atoms with Gasteiger partial charge in [0.1, 0.15) is 0 Å². The molecule has 0 aliphatic carbocycles. The summed E-state index contributed by atoms with van der Waals surface area (Å²) in [5, 5.41) is 0. The molecule has 0 aromatic heterocycles. The summed E-state index contributed by atoms with van der Waals surface area (Å²) >= 11 is 0. The Labute approximate surface area is 77.7 Å². The first-order chi connectivity index (χ1) is 5.52. The van der Waals surface area contributed by atoms with Crippen molar-refractivity contribution in [2.24, 2.45) is 5.41 Å². The molecule has 0 heteroatoms. The summed E-state index contributed by atoms with van der Waals surface area (Å²) in [6.07, 6.45) is 5.66. The third-order valence-electron chi connectivity index (χ3n) is 1.38. The Morgan fingerprint density at radius 1 is 1.08 bits per heavy atom. The molecule has 0 unspecified atom stereocenters. The Balaban J connectivity index is 0. The second-order valence-corrected chi connectivity index (χ2v) is 3.31. The molecule has 12 heavy (non-hydrogen) atoms. The molecule has 0 amide bonds. The quantitative estimate of drug-likeness (QED) is 0.535. The Bertz CT molecular complexity index is 153. The highest BCUT2D eigenvalue weighted by Gasteiger charge is 2.12. The van der Waals surface area contributed by atoms with Crippen molar-refractivity contribution in [3.63, 3.8) is 0 Å². The minimum absolute atomic E-state index is 0.190. The van der Waals surface area contributed by atoms with Crippen LogP contribution in [-0.2, 0) is 0 Å². The van der Waals surface area contributed by atoms with Crippen LogP contribution in [0.4, 0.5) is 0 Å². The fraction of sp³-hybridized carbons (Fsp3) is 0.500. The summed E-state index contributed by atoms with van der Waals surface area (Å²) in [7, 11) is 0. The van der Waals surface area contributed by atoms with E-state index in [-0.39, 0.29) is 5.41 Å². The molecule has 0 saturated carbocycles. The van der Waals surface area contributed by atoms with Gasteiger partial charge in [0.15, 0.2) is 0 Å². The average molecular weight is 166 g/mol. The second kappa shape index (κ2) is 6.90. The van der Waals surface area contributed by atoms with Crippen molar-refractivity contribution in [2.45, 2.75) is 34.6 Å². The molecule has 0 aliphatic rings. The Hall–Kier alpha value is -0.780. The van der Waals surface area contributed by atoms with Crippen LogP contribution >= 0.6 is 0 Å². The van der Waals surface area contributed by atoms with E-state index in [1.165, 1.54) is 5.57 Å². The number of allylic oxidation sites excluding steroid dienone is 4. The van der Waals surface area contributed by atoms with Crippen LogP contribution in [-0.4, -0.2) is 0 Å². The zero-order valence-electron chi connectivity index (χ0n) is 9.15. The highest BCUT2D eigenvalue weighted by atomic mass is 14.2. The van der Waals surface area contributed by atoms with Gasteiger partial charge >= 0.3 is 0 Å². The molecule has 0 radical (unpaired) electrons. The standard InChI is InChI=1S/C10H16.C2H6/c1-6-8-9(7-2)10(3,4)5;1-2/h6-8H,1-2H2,3-5H3;1-2H3/b9-8+;. The molecule has 70 valence electrons. The van der Waals surface area contributed by atoms with Crippen LogP contribution in [0.2, 0.25) is 0 Å². The van der Waals surface area contributed by atoms with Gasteiger partial charge in [-0.2, -0.15) is 0 Å². The van der Waals surface area contributed by atoms with E-state index >= 15 is 0 Å². The molecule has 0 saturated heterocycles. The molecule has 0 fully saturated rings. The van der Waals surface area contributed by atoms with E-state index in [0.29, 0.717) is 0 Å². The highest BCUT2D eigenvalue weighted by Crippen LogP contribution is 2.25. The van der Waals surface area contributed by atoms with Crippen LogP contribution in [0.1, 0.15) is 34.6 Å². The predicted molar refractivity (Wildman–Crippen MR) is 59.3 cm³/mol. The molecular formula is C12H22. The topological polar surface area (TPSA) is 0 Å². The third-order valence-corrected chi connectivity index (χ3v) is 1.38. The summed E-state index contributed by atoms with van der Waals surface area (Å²) in [6.45, 7) is 17.8. The van der Waals surface area contributed by atoms with Gasteiger partial charge in [-0.15, -0.1) is 0 Å². The van der Waals surface area contributed by atoms with E-state index in [4.69, 9.17) is 0 Å². The first-order valence-electron chi connectivity index (χ1n) is 4.48. The zero-order valence-corrected chi connectivity index (χ0v) is 9.15. The predicted octanol–water partition coefficient (Wildman–Crippen LogP) is 4.36. The maximum atomic E-state index is 3.73. The summed E-state index contributed by atoms with van der Waals surface area (Å²) in [4.78, 5) is 0. The third kappa shape index (κ3) is 5.96. The normalized spacial score (nSPS) is 11.2. The van der Waals surface area contributed by atoms with Crippen molar-refractivity contribution in [1.82, 2.24) is 0 Å². The molecule has 0 spiro atoms. The van der Waals surface area contributed by atoms with Gasteiger partial charge in [0.25, 0.3) is 0 Å². The zero-order chi connectivity index (χ0) is 10.2. The monoisotopic (exact) mass is 166 g/mol. The van der Waals surface area contributed by atoms with Crippen molar-refractivity contribution in [3.05, 3.63) is 37.0 Å². The van der Waals surface area contributed by atoms with Gasteiger partial charge in [0, 0.05) is 0 Å². The average Bonchev–Trinajstić information content (AvgIpc) is 2.02. The number of hydrogen-bond donors (Lipinski definition) is 0. The van der Waals surface area contributed by atoms with Gasteiger partial charge in [0.2, 0.25) is 0 Å². The molecule has 0 aromatic rings. The van der Waals surface area contributed by atoms with Gasteiger partial charge in [0.05, 0.1) is 0 Å². The van der Waals surface area contributed by atoms with Gasteiger partial charge < -0.3 is 0 Å². The summed E-state index contributed by atoms with van der Waals surface area (Å²) in [5.41, 5.74) is 1.41. The van der Waals surface area contributed by atoms with E-state index in [1.807, 2.05) is 26.0 Å². The molecule has 0 nitrogen and oxygen atoms in total. The summed E-state index contributed by atoms with van der Waals surface area (Å²) in [5.74, 6) is 0. The maximum absolute atomic E-state index is 3.73. The lowest BCUT2D eigenvalue weighted by Crippen LogP contribution is -2.06. The lowest BCUT2D eigenvalue weighted by atomic mass is 9.86. The SMILES string of the molecule is C=C/C=C(\C=C)C(C)(C)C.CC. The fourth-order valence-electron chi connectivity index (χ4n) is 0.751. The second-order valence-electron chi connectivity index (χ2n) is 3.31. The first-order valence-corrected chi connectivity index (χ1v) is 4.48. The Kier molecular flexibility index (Phi) is 7.93. The number of rotatable bonds is 2. The summed E-state index contributed by atoms with van der Waals surface area (Å²) < 4.78 is 0.